The molecule has 0 amide bonds. The molecule has 10 heteroatoms. The molecule has 0 atom stereocenters. The van der Waals surface area contributed by atoms with Crippen LogP contribution in [0.1, 0.15) is 22.5 Å². The van der Waals surface area contributed by atoms with Crippen molar-refractivity contribution in [2.45, 2.75) is 26.4 Å². The topological polar surface area (TPSA) is 85.7 Å². The zero-order chi connectivity index (χ0) is 22.7. The first kappa shape index (κ1) is 21.4. The van der Waals surface area contributed by atoms with Gasteiger partial charge < -0.3 is 10.1 Å². The molecule has 4 rings (SSSR count). The fourth-order valence-electron chi connectivity index (χ4n) is 2.98. The molecule has 7 nitrogen and oxygen atoms in total. The highest BCUT2D eigenvalue weighted by Gasteiger charge is 2.31. The van der Waals surface area contributed by atoms with Gasteiger partial charge in [0.25, 0.3) is 0 Å². The summed E-state index contributed by atoms with van der Waals surface area (Å²) in [5.74, 6) is 0.897. The van der Waals surface area contributed by atoms with Crippen molar-refractivity contribution in [1.82, 2.24) is 24.9 Å². The average Bonchev–Trinajstić information content (AvgIpc) is 2.76. The van der Waals surface area contributed by atoms with Gasteiger partial charge in [0, 0.05) is 18.8 Å². The second-order valence-corrected chi connectivity index (χ2v) is 7.09. The van der Waals surface area contributed by atoms with Gasteiger partial charge in [-0.25, -0.2) is 24.9 Å². The van der Waals surface area contributed by atoms with E-state index in [4.69, 9.17) is 4.74 Å². The number of nitrogens with zero attached hydrogens (tertiary/aromatic N) is 5. The SMILES string of the molecule is Cc1nc2ncnc(NCCc3ccc(Oc4cc(C(F)(F)F)ccn4)cc3)c2nc1C. The minimum atomic E-state index is -4.45. The van der Waals surface area contributed by atoms with Crippen LogP contribution in [0.15, 0.2) is 48.9 Å². The molecule has 0 radical (unpaired) electrons. The van der Waals surface area contributed by atoms with E-state index in [1.54, 1.807) is 12.1 Å². The lowest BCUT2D eigenvalue weighted by Crippen LogP contribution is -2.09. The van der Waals surface area contributed by atoms with Crippen molar-refractivity contribution in [2.24, 2.45) is 0 Å². The van der Waals surface area contributed by atoms with Crippen LogP contribution in [0.5, 0.6) is 11.6 Å². The number of alkyl halides is 3. The van der Waals surface area contributed by atoms with Crippen molar-refractivity contribution in [3.63, 3.8) is 0 Å². The molecule has 0 unspecified atom stereocenters. The maximum atomic E-state index is 12.8. The minimum absolute atomic E-state index is 0.114. The molecule has 0 fully saturated rings. The van der Waals surface area contributed by atoms with Gasteiger partial charge in [0.1, 0.15) is 12.1 Å². The summed E-state index contributed by atoms with van der Waals surface area (Å²) in [5, 5.41) is 3.26. The number of benzene rings is 1. The third kappa shape index (κ3) is 4.90. The quantitative estimate of drug-likeness (QED) is 0.457. The third-order valence-electron chi connectivity index (χ3n) is 4.79. The number of fused-ring (bicyclic) bond motifs is 1. The zero-order valence-electron chi connectivity index (χ0n) is 17.3. The van der Waals surface area contributed by atoms with Gasteiger partial charge in [-0.05, 0) is 44.0 Å². The summed E-state index contributed by atoms with van der Waals surface area (Å²) in [6, 6.07) is 8.84. The highest BCUT2D eigenvalue weighted by molar-refractivity contribution is 5.82. The molecule has 164 valence electrons. The molecular formula is C22H19F3N6O. The van der Waals surface area contributed by atoms with E-state index in [9.17, 15) is 13.2 Å². The number of hydrogen-bond acceptors (Lipinski definition) is 7. The molecule has 0 aliphatic rings. The van der Waals surface area contributed by atoms with Gasteiger partial charge in [0.05, 0.1) is 17.0 Å². The van der Waals surface area contributed by atoms with E-state index in [-0.39, 0.29) is 5.88 Å². The monoisotopic (exact) mass is 440 g/mol. The maximum absolute atomic E-state index is 12.8. The number of halogens is 3. The number of anilines is 1. The average molecular weight is 440 g/mol. The predicted octanol–water partition coefficient (Wildman–Crippen LogP) is 4.90. The molecule has 0 aliphatic heterocycles. The molecule has 0 bridgehead atoms. The van der Waals surface area contributed by atoms with E-state index in [1.165, 1.54) is 6.33 Å². The lowest BCUT2D eigenvalue weighted by atomic mass is 10.1. The third-order valence-corrected chi connectivity index (χ3v) is 4.79. The normalized spacial score (nSPS) is 11.5. The van der Waals surface area contributed by atoms with Gasteiger partial charge in [0.15, 0.2) is 17.0 Å². The van der Waals surface area contributed by atoms with E-state index >= 15 is 0 Å². The number of rotatable bonds is 6. The Hall–Kier alpha value is -3.82. The summed E-state index contributed by atoms with van der Waals surface area (Å²) in [7, 11) is 0. The summed E-state index contributed by atoms with van der Waals surface area (Å²) in [6.45, 7) is 4.36. The fraction of sp³-hybridized carbons (Fsp3) is 0.227. The Morgan fingerprint density at radius 1 is 0.938 bits per heavy atom. The fourth-order valence-corrected chi connectivity index (χ4v) is 2.98. The Balaban J connectivity index is 1.38. The van der Waals surface area contributed by atoms with Crippen LogP contribution in [0.25, 0.3) is 11.2 Å². The maximum Gasteiger partial charge on any atom is 0.416 e. The number of ether oxygens (including phenoxy) is 1. The van der Waals surface area contributed by atoms with Gasteiger partial charge in [-0.1, -0.05) is 12.1 Å². The summed E-state index contributed by atoms with van der Waals surface area (Å²) >= 11 is 0. The first-order valence-corrected chi connectivity index (χ1v) is 9.79. The summed E-state index contributed by atoms with van der Waals surface area (Å²) in [4.78, 5) is 21.2. The van der Waals surface area contributed by atoms with Crippen molar-refractivity contribution in [3.8, 4) is 11.6 Å². The van der Waals surface area contributed by atoms with Crippen molar-refractivity contribution in [2.75, 3.05) is 11.9 Å². The van der Waals surface area contributed by atoms with Crippen molar-refractivity contribution in [3.05, 3.63) is 71.4 Å². The Bertz CT molecular complexity index is 1240. The molecule has 3 aromatic heterocycles. The van der Waals surface area contributed by atoms with Gasteiger partial charge in [0.2, 0.25) is 5.88 Å². The number of aromatic nitrogens is 5. The molecule has 3 heterocycles. The highest BCUT2D eigenvalue weighted by Crippen LogP contribution is 2.31. The number of hydrogen-bond donors (Lipinski definition) is 1. The summed E-state index contributed by atoms with van der Waals surface area (Å²) < 4.78 is 43.9. The van der Waals surface area contributed by atoms with Crippen molar-refractivity contribution >= 4 is 17.0 Å². The van der Waals surface area contributed by atoms with E-state index in [2.05, 4.69) is 30.2 Å². The second-order valence-electron chi connectivity index (χ2n) is 7.09. The minimum Gasteiger partial charge on any atom is -0.439 e. The first-order chi connectivity index (χ1) is 15.3. The lowest BCUT2D eigenvalue weighted by molar-refractivity contribution is -0.137. The number of nitrogens with one attached hydrogen (secondary N) is 1. The van der Waals surface area contributed by atoms with E-state index in [1.807, 2.05) is 26.0 Å². The Morgan fingerprint density at radius 3 is 2.44 bits per heavy atom. The molecule has 0 aliphatic carbocycles. The molecule has 0 spiro atoms. The van der Waals surface area contributed by atoms with Crippen LogP contribution in [0.3, 0.4) is 0 Å². The molecule has 4 aromatic rings. The van der Waals surface area contributed by atoms with Crippen LogP contribution >= 0.6 is 0 Å². The predicted molar refractivity (Wildman–Crippen MR) is 113 cm³/mol. The molecule has 1 aromatic carbocycles. The number of pyridine rings is 1. The van der Waals surface area contributed by atoms with E-state index in [0.29, 0.717) is 35.7 Å². The van der Waals surface area contributed by atoms with Gasteiger partial charge in [-0.15, -0.1) is 0 Å². The summed E-state index contributed by atoms with van der Waals surface area (Å²) in [5.41, 5.74) is 3.00. The second kappa shape index (κ2) is 8.74. The van der Waals surface area contributed by atoms with Gasteiger partial charge >= 0.3 is 6.18 Å². The van der Waals surface area contributed by atoms with E-state index in [0.717, 1.165) is 35.3 Å². The molecule has 32 heavy (non-hydrogen) atoms. The summed E-state index contributed by atoms with van der Waals surface area (Å²) in [6.07, 6.45) is -1.24. The zero-order valence-corrected chi connectivity index (χ0v) is 17.3. The molecule has 0 saturated heterocycles. The van der Waals surface area contributed by atoms with Crippen LogP contribution in [-0.2, 0) is 12.6 Å². The molecular weight excluding hydrogens is 421 g/mol. The Morgan fingerprint density at radius 2 is 1.69 bits per heavy atom. The van der Waals surface area contributed by atoms with Gasteiger partial charge in [-0.3, -0.25) is 0 Å². The Kier molecular flexibility index (Phi) is 5.85. The van der Waals surface area contributed by atoms with Crippen LogP contribution < -0.4 is 10.1 Å². The highest BCUT2D eigenvalue weighted by atomic mass is 19.4. The number of aryl methyl sites for hydroxylation is 2. The van der Waals surface area contributed by atoms with E-state index < -0.39 is 11.7 Å². The molecule has 0 saturated carbocycles. The smallest absolute Gasteiger partial charge is 0.416 e. The van der Waals surface area contributed by atoms with Crippen LogP contribution in [-0.4, -0.2) is 31.5 Å². The standard InChI is InChI=1S/C22H19F3N6O/c1-13-14(2)31-21-19(30-13)20(28-12-29-21)27-9-7-15-3-5-17(6-4-15)32-18-11-16(8-10-26-18)22(23,24)25/h3-6,8,10-12H,7,9H2,1-2H3,(H,27,28,29,31). The van der Waals surface area contributed by atoms with Crippen LogP contribution in [0, 0.1) is 13.8 Å². The lowest BCUT2D eigenvalue weighted by Gasteiger charge is -2.10. The van der Waals surface area contributed by atoms with Crippen LogP contribution in [0.4, 0.5) is 19.0 Å². The Labute approximate surface area is 181 Å². The van der Waals surface area contributed by atoms with Gasteiger partial charge in [-0.2, -0.15) is 13.2 Å². The van der Waals surface area contributed by atoms with Crippen molar-refractivity contribution in [1.29, 1.82) is 0 Å². The van der Waals surface area contributed by atoms with Crippen LogP contribution in [0.2, 0.25) is 0 Å². The first-order valence-electron chi connectivity index (χ1n) is 9.79. The van der Waals surface area contributed by atoms with Crippen molar-refractivity contribution < 1.29 is 17.9 Å². The largest absolute Gasteiger partial charge is 0.439 e. The molecule has 1 N–H and O–H groups in total.